The second-order valence-corrected chi connectivity index (χ2v) is 7.08. The van der Waals surface area contributed by atoms with Crippen molar-refractivity contribution < 1.29 is 9.59 Å². The topological polar surface area (TPSA) is 61.2 Å². The summed E-state index contributed by atoms with van der Waals surface area (Å²) in [6.07, 6.45) is 5.12. The van der Waals surface area contributed by atoms with Crippen molar-refractivity contribution in [2.24, 2.45) is 0 Å². The van der Waals surface area contributed by atoms with E-state index in [1.807, 2.05) is 47.5 Å². The summed E-state index contributed by atoms with van der Waals surface area (Å²) in [6, 6.07) is 5.65. The minimum absolute atomic E-state index is 0.0586. The smallest absolute Gasteiger partial charge is 0.246 e. The number of halogens is 1. The molecule has 8 heteroatoms. The summed E-state index contributed by atoms with van der Waals surface area (Å²) in [4.78, 5) is 34.8. The van der Waals surface area contributed by atoms with Crippen LogP contribution >= 0.6 is 11.6 Å². The molecular weight excluding hydrogens is 378 g/mol. The van der Waals surface area contributed by atoms with Gasteiger partial charge in [0.05, 0.1) is 12.2 Å². The van der Waals surface area contributed by atoms with Gasteiger partial charge in [-0.2, -0.15) is 0 Å². The van der Waals surface area contributed by atoms with E-state index in [9.17, 15) is 9.59 Å². The largest absolute Gasteiger partial charge is 0.342 e. The van der Waals surface area contributed by atoms with E-state index in [1.54, 1.807) is 17.1 Å². The van der Waals surface area contributed by atoms with Gasteiger partial charge in [0.2, 0.25) is 11.8 Å². The lowest BCUT2D eigenvalue weighted by atomic mass is 10.2. The molecule has 1 aliphatic rings. The van der Waals surface area contributed by atoms with Gasteiger partial charge in [-0.1, -0.05) is 17.7 Å². The first-order valence-corrected chi connectivity index (χ1v) is 10.0. The van der Waals surface area contributed by atoms with E-state index in [-0.39, 0.29) is 11.8 Å². The van der Waals surface area contributed by atoms with Gasteiger partial charge in [-0.25, -0.2) is 4.98 Å². The van der Waals surface area contributed by atoms with Gasteiger partial charge in [0.15, 0.2) is 5.15 Å². The number of amides is 2. The lowest BCUT2D eigenvalue weighted by molar-refractivity contribution is -0.133. The molecule has 0 N–H and O–H groups in total. The highest BCUT2D eigenvalue weighted by Crippen LogP contribution is 2.19. The van der Waals surface area contributed by atoms with Crippen LogP contribution in [0.15, 0.2) is 30.5 Å². The average molecular weight is 404 g/mol. The number of nitrogens with zero attached hydrogens (tertiary/aromatic N) is 5. The number of likely N-dealkylation sites (N-methyl/N-ethyl adjacent to an activating group) is 1. The summed E-state index contributed by atoms with van der Waals surface area (Å²) >= 11 is 6.20. The van der Waals surface area contributed by atoms with Crippen molar-refractivity contribution >= 4 is 35.1 Å². The number of fused-ring (bicyclic) bond motifs is 1. The van der Waals surface area contributed by atoms with Gasteiger partial charge in [0, 0.05) is 51.5 Å². The Labute approximate surface area is 170 Å². The summed E-state index contributed by atoms with van der Waals surface area (Å²) in [5.74, 6) is 0.0867. The quantitative estimate of drug-likeness (QED) is 0.692. The van der Waals surface area contributed by atoms with E-state index in [1.165, 1.54) is 0 Å². The number of hydrogen-bond donors (Lipinski definition) is 0. The first-order valence-electron chi connectivity index (χ1n) is 9.63. The minimum atomic E-state index is -0.0586. The summed E-state index contributed by atoms with van der Waals surface area (Å²) in [6.45, 7) is 8.45. The predicted octanol–water partition coefficient (Wildman–Crippen LogP) is 2.01. The van der Waals surface area contributed by atoms with Crippen LogP contribution < -0.4 is 0 Å². The Hall–Kier alpha value is -2.38. The van der Waals surface area contributed by atoms with E-state index < -0.39 is 0 Å². The van der Waals surface area contributed by atoms with Crippen molar-refractivity contribution in [2.45, 2.75) is 13.8 Å². The third kappa shape index (κ3) is 4.54. The highest BCUT2D eigenvalue weighted by Gasteiger charge is 2.22. The lowest BCUT2D eigenvalue weighted by Crippen LogP contribution is -2.51. The first-order chi connectivity index (χ1) is 13.5. The molecule has 3 rings (SSSR count). The molecular formula is C20H26ClN5O2. The fourth-order valence-electron chi connectivity index (χ4n) is 3.38. The van der Waals surface area contributed by atoms with Gasteiger partial charge in [0.25, 0.3) is 0 Å². The van der Waals surface area contributed by atoms with Crippen LogP contribution in [0.25, 0.3) is 11.7 Å². The molecule has 0 unspecified atom stereocenters. The normalized spacial score (nSPS) is 15.5. The van der Waals surface area contributed by atoms with Crippen molar-refractivity contribution in [1.82, 2.24) is 24.1 Å². The molecule has 1 saturated heterocycles. The molecule has 1 aliphatic heterocycles. The number of piperazine rings is 1. The highest BCUT2D eigenvalue weighted by molar-refractivity contribution is 6.31. The molecule has 1 fully saturated rings. The van der Waals surface area contributed by atoms with E-state index in [0.29, 0.717) is 43.6 Å². The molecule has 0 spiro atoms. The third-order valence-corrected chi connectivity index (χ3v) is 5.34. The summed E-state index contributed by atoms with van der Waals surface area (Å²) in [5.41, 5.74) is 1.43. The molecule has 0 aromatic carbocycles. The standard InChI is InChI=1S/C20H26ClN5O2/c1-3-24(4-2)19(28)15-23-11-13-25(14-12-23)18(27)9-8-16-20(21)22-17-7-5-6-10-26(16)17/h5-10H,3-4,11-15H2,1-2H3/b9-8+. The molecule has 2 amide bonds. The molecule has 0 aliphatic carbocycles. The molecule has 0 atom stereocenters. The van der Waals surface area contributed by atoms with E-state index in [4.69, 9.17) is 11.6 Å². The Morgan fingerprint density at radius 1 is 1.18 bits per heavy atom. The van der Waals surface area contributed by atoms with Crippen LogP contribution in [0.1, 0.15) is 19.5 Å². The summed E-state index contributed by atoms with van der Waals surface area (Å²) < 4.78 is 1.85. The van der Waals surface area contributed by atoms with E-state index in [0.717, 1.165) is 18.7 Å². The average Bonchev–Trinajstić information content (AvgIpc) is 3.02. The maximum absolute atomic E-state index is 12.5. The van der Waals surface area contributed by atoms with Crippen molar-refractivity contribution in [2.75, 3.05) is 45.8 Å². The molecule has 0 radical (unpaired) electrons. The van der Waals surface area contributed by atoms with Crippen LogP contribution in [0.5, 0.6) is 0 Å². The van der Waals surface area contributed by atoms with E-state index >= 15 is 0 Å². The third-order valence-electron chi connectivity index (χ3n) is 5.06. The van der Waals surface area contributed by atoms with Crippen LogP contribution in [0.4, 0.5) is 0 Å². The fraction of sp³-hybridized carbons (Fsp3) is 0.450. The zero-order chi connectivity index (χ0) is 20.1. The predicted molar refractivity (Wildman–Crippen MR) is 110 cm³/mol. The molecule has 7 nitrogen and oxygen atoms in total. The Morgan fingerprint density at radius 2 is 1.89 bits per heavy atom. The lowest BCUT2D eigenvalue weighted by Gasteiger charge is -2.34. The molecule has 2 aromatic heterocycles. The maximum atomic E-state index is 12.5. The second-order valence-electron chi connectivity index (χ2n) is 6.72. The van der Waals surface area contributed by atoms with Gasteiger partial charge in [-0.15, -0.1) is 0 Å². The Kier molecular flexibility index (Phi) is 6.70. The van der Waals surface area contributed by atoms with Crippen LogP contribution in [0.2, 0.25) is 5.15 Å². The SMILES string of the molecule is CCN(CC)C(=O)CN1CCN(C(=O)/C=C/c2c(Cl)nc3ccccn23)CC1. The Bertz CT molecular complexity index is 867. The number of carbonyl (C=O) groups excluding carboxylic acids is 2. The number of rotatable bonds is 6. The monoisotopic (exact) mass is 403 g/mol. The van der Waals surface area contributed by atoms with Gasteiger partial charge >= 0.3 is 0 Å². The number of carbonyl (C=O) groups is 2. The summed E-state index contributed by atoms with van der Waals surface area (Å²) in [7, 11) is 0. The number of aromatic nitrogens is 2. The molecule has 0 bridgehead atoms. The molecule has 0 saturated carbocycles. The van der Waals surface area contributed by atoms with Crippen molar-refractivity contribution in [3.8, 4) is 0 Å². The summed E-state index contributed by atoms with van der Waals surface area (Å²) in [5, 5.41) is 0.370. The van der Waals surface area contributed by atoms with Crippen molar-refractivity contribution in [1.29, 1.82) is 0 Å². The molecule has 2 aromatic rings. The van der Waals surface area contributed by atoms with Gasteiger partial charge < -0.3 is 9.80 Å². The zero-order valence-electron chi connectivity index (χ0n) is 16.3. The number of hydrogen-bond acceptors (Lipinski definition) is 4. The molecule has 28 heavy (non-hydrogen) atoms. The maximum Gasteiger partial charge on any atom is 0.246 e. The fourth-order valence-corrected chi connectivity index (χ4v) is 3.63. The molecule has 3 heterocycles. The van der Waals surface area contributed by atoms with Gasteiger partial charge in [-0.05, 0) is 32.1 Å². The Morgan fingerprint density at radius 3 is 2.57 bits per heavy atom. The van der Waals surface area contributed by atoms with Crippen molar-refractivity contribution in [3.05, 3.63) is 41.3 Å². The number of pyridine rings is 1. The van der Waals surface area contributed by atoms with Crippen LogP contribution in [0.3, 0.4) is 0 Å². The Balaban J connectivity index is 1.56. The van der Waals surface area contributed by atoms with Crippen LogP contribution in [-0.2, 0) is 9.59 Å². The minimum Gasteiger partial charge on any atom is -0.342 e. The van der Waals surface area contributed by atoms with Crippen molar-refractivity contribution in [3.63, 3.8) is 0 Å². The van der Waals surface area contributed by atoms with E-state index in [2.05, 4.69) is 9.88 Å². The number of imidazole rings is 1. The van der Waals surface area contributed by atoms with Gasteiger partial charge in [0.1, 0.15) is 5.65 Å². The van der Waals surface area contributed by atoms with Crippen LogP contribution in [0, 0.1) is 0 Å². The van der Waals surface area contributed by atoms with Gasteiger partial charge in [-0.3, -0.25) is 18.9 Å². The first kappa shape index (κ1) is 20.4. The highest BCUT2D eigenvalue weighted by atomic mass is 35.5. The zero-order valence-corrected chi connectivity index (χ0v) is 17.1. The molecule has 150 valence electrons. The van der Waals surface area contributed by atoms with Crippen LogP contribution in [-0.4, -0.2) is 81.7 Å². The second kappa shape index (κ2) is 9.21.